The van der Waals surface area contributed by atoms with Gasteiger partial charge in [0.05, 0.1) is 14.9 Å². The predicted octanol–water partition coefficient (Wildman–Crippen LogP) is 4.92. The molecule has 18 heavy (non-hydrogen) atoms. The number of thiophene rings is 1. The van der Waals surface area contributed by atoms with Crippen LogP contribution in [0, 0.1) is 12.7 Å². The summed E-state index contributed by atoms with van der Waals surface area (Å²) in [6, 6.07) is 6.84. The molecule has 0 radical (unpaired) electrons. The average molecular weight is 349 g/mol. The molecular weight excluding hydrogens is 337 g/mol. The maximum absolute atomic E-state index is 13.5. The van der Waals surface area contributed by atoms with E-state index in [1.165, 1.54) is 10.9 Å². The highest BCUT2D eigenvalue weighted by Gasteiger charge is 2.20. The summed E-state index contributed by atoms with van der Waals surface area (Å²) in [6.45, 7) is 2.04. The molecule has 1 heterocycles. The number of benzene rings is 1. The first-order chi connectivity index (χ1) is 8.54. The van der Waals surface area contributed by atoms with E-state index in [2.05, 4.69) is 21.2 Å². The van der Waals surface area contributed by atoms with Crippen molar-refractivity contribution in [3.63, 3.8) is 0 Å². The summed E-state index contributed by atoms with van der Waals surface area (Å²) in [7, 11) is 1.84. The van der Waals surface area contributed by atoms with Crippen molar-refractivity contribution in [2.24, 2.45) is 0 Å². The van der Waals surface area contributed by atoms with Gasteiger partial charge in [0.25, 0.3) is 0 Å². The Morgan fingerprint density at radius 2 is 2.11 bits per heavy atom. The van der Waals surface area contributed by atoms with E-state index in [9.17, 15) is 4.39 Å². The largest absolute Gasteiger partial charge is 0.309 e. The Kier molecular flexibility index (Phi) is 4.43. The molecule has 0 aliphatic carbocycles. The van der Waals surface area contributed by atoms with Gasteiger partial charge in [0, 0.05) is 4.88 Å². The lowest BCUT2D eigenvalue weighted by Gasteiger charge is -2.18. The zero-order chi connectivity index (χ0) is 13.3. The second-order valence-corrected chi connectivity index (χ2v) is 6.94. The topological polar surface area (TPSA) is 12.0 Å². The molecule has 5 heteroatoms. The molecule has 0 aliphatic heterocycles. The molecule has 1 nitrogen and oxygen atoms in total. The molecule has 0 spiro atoms. The van der Waals surface area contributed by atoms with Gasteiger partial charge in [-0.25, -0.2) is 4.39 Å². The van der Waals surface area contributed by atoms with Crippen molar-refractivity contribution in [3.05, 3.63) is 54.9 Å². The molecule has 0 bridgehead atoms. The number of halogens is 3. The Hall–Kier alpha value is -0.420. The lowest BCUT2D eigenvalue weighted by molar-refractivity contribution is 0.617. The molecule has 0 fully saturated rings. The normalized spacial score (nSPS) is 12.7. The molecule has 2 aromatic rings. The van der Waals surface area contributed by atoms with Gasteiger partial charge in [-0.3, -0.25) is 0 Å². The van der Waals surface area contributed by atoms with Crippen LogP contribution >= 0.6 is 38.9 Å². The summed E-state index contributed by atoms with van der Waals surface area (Å²) >= 11 is 11.2. The zero-order valence-electron chi connectivity index (χ0n) is 9.93. The van der Waals surface area contributed by atoms with Gasteiger partial charge >= 0.3 is 0 Å². The fourth-order valence-corrected chi connectivity index (χ4v) is 3.95. The van der Waals surface area contributed by atoms with Crippen molar-refractivity contribution in [2.75, 3.05) is 7.05 Å². The zero-order valence-corrected chi connectivity index (χ0v) is 13.1. The number of nitrogens with one attached hydrogen (secondary N) is 1. The van der Waals surface area contributed by atoms with Crippen molar-refractivity contribution in [1.29, 1.82) is 0 Å². The van der Waals surface area contributed by atoms with E-state index in [4.69, 9.17) is 11.6 Å². The second-order valence-electron chi connectivity index (χ2n) is 3.93. The van der Waals surface area contributed by atoms with Crippen LogP contribution in [0.2, 0.25) is 5.02 Å². The monoisotopic (exact) mass is 347 g/mol. The first-order valence-corrected chi connectivity index (χ1v) is 7.40. The summed E-state index contributed by atoms with van der Waals surface area (Å²) in [5.41, 5.74) is 1.87. The van der Waals surface area contributed by atoms with E-state index in [0.29, 0.717) is 0 Å². The van der Waals surface area contributed by atoms with E-state index in [1.54, 1.807) is 17.4 Å². The molecular formula is C13H12BrClFNS. The van der Waals surface area contributed by atoms with Crippen molar-refractivity contribution >= 4 is 38.9 Å². The van der Waals surface area contributed by atoms with Crippen molar-refractivity contribution in [1.82, 2.24) is 5.32 Å². The Morgan fingerprint density at radius 1 is 1.39 bits per heavy atom. The minimum absolute atomic E-state index is 0.101. The van der Waals surface area contributed by atoms with Gasteiger partial charge in [-0.1, -0.05) is 23.7 Å². The van der Waals surface area contributed by atoms with Gasteiger partial charge < -0.3 is 5.32 Å². The van der Waals surface area contributed by atoms with E-state index in [1.807, 2.05) is 26.1 Å². The van der Waals surface area contributed by atoms with Crippen LogP contribution in [0.1, 0.15) is 22.0 Å². The minimum atomic E-state index is -0.388. The average Bonchev–Trinajstić information content (AvgIpc) is 2.65. The summed E-state index contributed by atoms with van der Waals surface area (Å²) in [5.74, 6) is -0.388. The van der Waals surface area contributed by atoms with E-state index >= 15 is 0 Å². The van der Waals surface area contributed by atoms with Crippen LogP contribution in [0.15, 0.2) is 28.1 Å². The maximum atomic E-state index is 13.5. The number of aryl methyl sites for hydroxylation is 1. The summed E-state index contributed by atoms with van der Waals surface area (Å²) in [6.07, 6.45) is 0. The molecule has 1 atom stereocenters. The smallest absolute Gasteiger partial charge is 0.142 e. The van der Waals surface area contributed by atoms with Crippen molar-refractivity contribution < 1.29 is 4.39 Å². The van der Waals surface area contributed by atoms with Crippen LogP contribution in [0.5, 0.6) is 0 Å². The molecule has 1 unspecified atom stereocenters. The highest BCUT2D eigenvalue weighted by Crippen LogP contribution is 2.36. The molecule has 0 saturated carbocycles. The molecule has 1 N–H and O–H groups in total. The molecule has 0 aliphatic rings. The number of hydrogen-bond donors (Lipinski definition) is 1. The van der Waals surface area contributed by atoms with Crippen LogP contribution in [0.4, 0.5) is 4.39 Å². The Bertz CT molecular complexity index is 570. The first kappa shape index (κ1) is 14.0. The van der Waals surface area contributed by atoms with Crippen LogP contribution < -0.4 is 5.32 Å². The highest BCUT2D eigenvalue weighted by atomic mass is 79.9. The minimum Gasteiger partial charge on any atom is -0.309 e. The van der Waals surface area contributed by atoms with Crippen molar-refractivity contribution in [3.8, 4) is 0 Å². The second kappa shape index (κ2) is 5.70. The van der Waals surface area contributed by atoms with Gasteiger partial charge in [0.15, 0.2) is 0 Å². The van der Waals surface area contributed by atoms with E-state index < -0.39 is 0 Å². The van der Waals surface area contributed by atoms with Gasteiger partial charge in [0.2, 0.25) is 0 Å². The van der Waals surface area contributed by atoms with Crippen LogP contribution in [-0.4, -0.2) is 7.05 Å². The maximum Gasteiger partial charge on any atom is 0.142 e. The lowest BCUT2D eigenvalue weighted by atomic mass is 9.99. The molecule has 0 amide bonds. The number of hydrogen-bond acceptors (Lipinski definition) is 2. The third-order valence-electron chi connectivity index (χ3n) is 2.82. The third kappa shape index (κ3) is 2.62. The van der Waals surface area contributed by atoms with Crippen LogP contribution in [0.3, 0.4) is 0 Å². The summed E-state index contributed by atoms with van der Waals surface area (Å²) in [5, 5.41) is 3.37. The van der Waals surface area contributed by atoms with E-state index in [-0.39, 0.29) is 16.9 Å². The fourth-order valence-electron chi connectivity index (χ4n) is 1.97. The molecule has 0 saturated heterocycles. The Labute approximate surface area is 123 Å². The van der Waals surface area contributed by atoms with E-state index in [0.717, 1.165) is 14.9 Å². The predicted molar refractivity (Wildman–Crippen MR) is 79.1 cm³/mol. The standard InChI is InChI=1S/C13H12BrClFNS/c1-7-9(6-11(14)18-7)13(17-2)8-4-3-5-10(16)12(8)15/h3-6,13,17H,1-2H3. The Morgan fingerprint density at radius 3 is 2.67 bits per heavy atom. The highest BCUT2D eigenvalue weighted by molar-refractivity contribution is 9.11. The fraction of sp³-hybridized carbons (Fsp3) is 0.231. The van der Waals surface area contributed by atoms with Crippen LogP contribution in [0.25, 0.3) is 0 Å². The lowest BCUT2D eigenvalue weighted by Crippen LogP contribution is -2.18. The number of rotatable bonds is 3. The van der Waals surface area contributed by atoms with Crippen molar-refractivity contribution in [2.45, 2.75) is 13.0 Å². The van der Waals surface area contributed by atoms with Gasteiger partial charge in [-0.2, -0.15) is 0 Å². The third-order valence-corrected chi connectivity index (χ3v) is 4.79. The van der Waals surface area contributed by atoms with Gasteiger partial charge in [-0.15, -0.1) is 11.3 Å². The summed E-state index contributed by atoms with van der Waals surface area (Å²) < 4.78 is 14.6. The van der Waals surface area contributed by atoms with Crippen LogP contribution in [-0.2, 0) is 0 Å². The molecule has 2 rings (SSSR count). The molecule has 96 valence electrons. The molecule has 1 aromatic carbocycles. The van der Waals surface area contributed by atoms with Gasteiger partial charge in [0.1, 0.15) is 5.82 Å². The molecule has 1 aromatic heterocycles. The Balaban J connectivity index is 2.52. The van der Waals surface area contributed by atoms with Gasteiger partial charge in [-0.05, 0) is 53.2 Å². The first-order valence-electron chi connectivity index (χ1n) is 5.41. The summed E-state index contributed by atoms with van der Waals surface area (Å²) in [4.78, 5) is 1.18. The SMILES string of the molecule is CNC(c1cc(Br)sc1C)c1cccc(F)c1Cl. The quantitative estimate of drug-likeness (QED) is 0.830.